The van der Waals surface area contributed by atoms with Crippen molar-refractivity contribution in [2.45, 2.75) is 11.4 Å². The summed E-state index contributed by atoms with van der Waals surface area (Å²) >= 11 is 3.19. The van der Waals surface area contributed by atoms with Crippen LogP contribution in [-0.2, 0) is 10.1 Å². The molecule has 1 unspecified atom stereocenters. The minimum atomic E-state index is -1.65. The van der Waals surface area contributed by atoms with Crippen LogP contribution in [0.15, 0.2) is 18.2 Å². The predicted octanol–water partition coefficient (Wildman–Crippen LogP) is 1.57. The molecule has 78 valence electrons. The van der Waals surface area contributed by atoms with Gasteiger partial charge in [-0.15, -0.1) is 0 Å². The van der Waals surface area contributed by atoms with Crippen LogP contribution in [0.2, 0.25) is 0 Å². The fourth-order valence-corrected chi connectivity index (χ4v) is 1.70. The van der Waals surface area contributed by atoms with Gasteiger partial charge >= 0.3 is 5.97 Å². The van der Waals surface area contributed by atoms with E-state index < -0.39 is 12.1 Å². The molecule has 0 aliphatic rings. The maximum Gasteiger partial charge on any atom is 0.337 e. The summed E-state index contributed by atoms with van der Waals surface area (Å²) in [5.74, 6) is -1.36. The summed E-state index contributed by atoms with van der Waals surface area (Å²) in [5.41, 5.74) is 1.00. The first kappa shape index (κ1) is 11.7. The molecular formula is C10H8BrNO3. The van der Waals surface area contributed by atoms with Gasteiger partial charge < -0.3 is 10.2 Å². The van der Waals surface area contributed by atoms with Crippen LogP contribution in [0.3, 0.4) is 0 Å². The van der Waals surface area contributed by atoms with Crippen LogP contribution in [-0.4, -0.2) is 16.2 Å². The molecule has 0 aromatic heterocycles. The molecule has 0 spiro atoms. The van der Waals surface area contributed by atoms with Gasteiger partial charge in [-0.1, -0.05) is 34.1 Å². The van der Waals surface area contributed by atoms with Crippen LogP contribution in [0.1, 0.15) is 22.8 Å². The summed E-state index contributed by atoms with van der Waals surface area (Å²) in [6, 6.07) is 6.64. The first-order valence-electron chi connectivity index (χ1n) is 4.10. The lowest BCUT2D eigenvalue weighted by Crippen LogP contribution is -2.12. The van der Waals surface area contributed by atoms with E-state index in [1.165, 1.54) is 6.07 Å². The predicted molar refractivity (Wildman–Crippen MR) is 56.4 cm³/mol. The molecule has 0 amide bonds. The van der Waals surface area contributed by atoms with Gasteiger partial charge in [0, 0.05) is 10.9 Å². The van der Waals surface area contributed by atoms with E-state index in [2.05, 4.69) is 15.9 Å². The van der Waals surface area contributed by atoms with E-state index in [0.29, 0.717) is 10.9 Å². The fraction of sp³-hybridized carbons (Fsp3) is 0.200. The summed E-state index contributed by atoms with van der Waals surface area (Å²) in [6.07, 6.45) is -1.65. The van der Waals surface area contributed by atoms with E-state index in [-0.39, 0.29) is 11.1 Å². The van der Waals surface area contributed by atoms with Crippen LogP contribution < -0.4 is 0 Å². The third-order valence-electron chi connectivity index (χ3n) is 1.97. The molecule has 0 bridgehead atoms. The standard InChI is InChI=1S/C10H8BrNO3/c11-4-6-2-1-3-7(8(6)5-12)9(13)10(14)15/h1-3,9,13H,4H2,(H,14,15). The number of nitriles is 1. The first-order valence-corrected chi connectivity index (χ1v) is 5.22. The average Bonchev–Trinajstić information content (AvgIpc) is 2.26. The molecule has 0 aliphatic carbocycles. The van der Waals surface area contributed by atoms with Gasteiger partial charge in [-0.2, -0.15) is 5.26 Å². The molecule has 0 saturated heterocycles. The minimum absolute atomic E-state index is 0.127. The lowest BCUT2D eigenvalue weighted by atomic mass is 9.99. The minimum Gasteiger partial charge on any atom is -0.479 e. The second kappa shape index (κ2) is 4.91. The Morgan fingerprint density at radius 3 is 2.73 bits per heavy atom. The smallest absolute Gasteiger partial charge is 0.337 e. The second-order valence-corrected chi connectivity index (χ2v) is 3.43. The van der Waals surface area contributed by atoms with E-state index in [1.54, 1.807) is 12.1 Å². The average molecular weight is 270 g/mol. The van der Waals surface area contributed by atoms with E-state index in [9.17, 15) is 9.90 Å². The van der Waals surface area contributed by atoms with Gasteiger partial charge in [0.1, 0.15) is 0 Å². The van der Waals surface area contributed by atoms with Crippen molar-refractivity contribution in [3.05, 3.63) is 34.9 Å². The molecule has 1 atom stereocenters. The maximum atomic E-state index is 10.6. The molecule has 1 aromatic rings. The Balaban J connectivity index is 3.30. The summed E-state index contributed by atoms with van der Waals surface area (Å²) in [6.45, 7) is 0. The highest BCUT2D eigenvalue weighted by Crippen LogP contribution is 2.22. The number of rotatable bonds is 3. The van der Waals surface area contributed by atoms with Crippen molar-refractivity contribution in [2.24, 2.45) is 0 Å². The highest BCUT2D eigenvalue weighted by atomic mass is 79.9. The number of nitrogens with zero attached hydrogens (tertiary/aromatic N) is 1. The Hall–Kier alpha value is -1.38. The molecule has 0 fully saturated rings. The monoisotopic (exact) mass is 269 g/mol. The molecule has 15 heavy (non-hydrogen) atoms. The van der Waals surface area contributed by atoms with E-state index >= 15 is 0 Å². The number of benzene rings is 1. The Morgan fingerprint density at radius 1 is 1.60 bits per heavy atom. The highest BCUT2D eigenvalue weighted by molar-refractivity contribution is 9.08. The zero-order chi connectivity index (χ0) is 11.4. The molecule has 4 nitrogen and oxygen atoms in total. The molecule has 0 heterocycles. The SMILES string of the molecule is N#Cc1c(CBr)cccc1C(O)C(=O)O. The summed E-state index contributed by atoms with van der Waals surface area (Å²) in [4.78, 5) is 10.6. The van der Waals surface area contributed by atoms with Crippen molar-refractivity contribution in [3.8, 4) is 6.07 Å². The number of aliphatic hydroxyl groups is 1. The Bertz CT molecular complexity index is 425. The molecule has 2 N–H and O–H groups in total. The van der Waals surface area contributed by atoms with Gasteiger partial charge in [-0.25, -0.2) is 4.79 Å². The lowest BCUT2D eigenvalue weighted by Gasteiger charge is -2.10. The van der Waals surface area contributed by atoms with Gasteiger partial charge in [0.15, 0.2) is 6.10 Å². The number of alkyl halides is 1. The Labute approximate surface area is 94.9 Å². The normalized spacial score (nSPS) is 11.8. The van der Waals surface area contributed by atoms with Crippen LogP contribution in [0.4, 0.5) is 0 Å². The number of carboxylic acids is 1. The highest BCUT2D eigenvalue weighted by Gasteiger charge is 2.20. The number of halogens is 1. The summed E-state index contributed by atoms with van der Waals surface area (Å²) in [5, 5.41) is 27.3. The second-order valence-electron chi connectivity index (χ2n) is 2.87. The number of carbonyl (C=O) groups is 1. The zero-order valence-corrected chi connectivity index (χ0v) is 9.23. The van der Waals surface area contributed by atoms with Crippen LogP contribution in [0, 0.1) is 11.3 Å². The summed E-state index contributed by atoms with van der Waals surface area (Å²) in [7, 11) is 0. The van der Waals surface area contributed by atoms with Gasteiger partial charge in [0.25, 0.3) is 0 Å². The van der Waals surface area contributed by atoms with Crippen LogP contribution in [0.25, 0.3) is 0 Å². The molecule has 0 radical (unpaired) electrons. The van der Waals surface area contributed by atoms with Crippen molar-refractivity contribution in [1.82, 2.24) is 0 Å². The molecule has 0 saturated carbocycles. The van der Waals surface area contributed by atoms with Gasteiger partial charge in [-0.3, -0.25) is 0 Å². The number of carboxylic acid groups (broad SMARTS) is 1. The number of aliphatic hydroxyl groups excluding tert-OH is 1. The van der Waals surface area contributed by atoms with E-state index in [0.717, 1.165) is 0 Å². The van der Waals surface area contributed by atoms with Crippen molar-refractivity contribution in [3.63, 3.8) is 0 Å². The topological polar surface area (TPSA) is 81.3 Å². The Kier molecular flexibility index (Phi) is 3.83. The Morgan fingerprint density at radius 2 is 2.27 bits per heavy atom. The van der Waals surface area contributed by atoms with E-state index in [4.69, 9.17) is 10.4 Å². The van der Waals surface area contributed by atoms with Crippen LogP contribution >= 0.6 is 15.9 Å². The maximum absolute atomic E-state index is 10.6. The third kappa shape index (κ3) is 2.35. The third-order valence-corrected chi connectivity index (χ3v) is 2.57. The van der Waals surface area contributed by atoms with Crippen LogP contribution in [0.5, 0.6) is 0 Å². The fourth-order valence-electron chi connectivity index (χ4n) is 1.23. The largest absolute Gasteiger partial charge is 0.479 e. The lowest BCUT2D eigenvalue weighted by molar-refractivity contribution is -0.146. The number of hydrogen-bond acceptors (Lipinski definition) is 3. The summed E-state index contributed by atoms with van der Waals surface area (Å²) < 4.78 is 0. The van der Waals surface area contributed by atoms with Crippen molar-refractivity contribution in [1.29, 1.82) is 5.26 Å². The van der Waals surface area contributed by atoms with Gasteiger partial charge in [0.05, 0.1) is 11.6 Å². The van der Waals surface area contributed by atoms with Crippen molar-refractivity contribution in [2.75, 3.05) is 0 Å². The zero-order valence-electron chi connectivity index (χ0n) is 7.64. The molecule has 1 aromatic carbocycles. The first-order chi connectivity index (χ1) is 7.11. The van der Waals surface area contributed by atoms with Gasteiger partial charge in [-0.05, 0) is 5.56 Å². The van der Waals surface area contributed by atoms with Crippen molar-refractivity contribution >= 4 is 21.9 Å². The number of aliphatic carboxylic acids is 1. The molecule has 1 rings (SSSR count). The van der Waals surface area contributed by atoms with E-state index in [1.807, 2.05) is 6.07 Å². The molecular weight excluding hydrogens is 262 g/mol. The van der Waals surface area contributed by atoms with Crippen molar-refractivity contribution < 1.29 is 15.0 Å². The quantitative estimate of drug-likeness (QED) is 0.817. The number of hydrogen-bond donors (Lipinski definition) is 2. The van der Waals surface area contributed by atoms with Gasteiger partial charge in [0.2, 0.25) is 0 Å². The molecule has 5 heteroatoms. The molecule has 0 aliphatic heterocycles.